The summed E-state index contributed by atoms with van der Waals surface area (Å²) >= 11 is 0. The number of nitriles is 1. The molecule has 17 heavy (non-hydrogen) atoms. The molecule has 0 heterocycles. The molecule has 0 aliphatic rings. The zero-order valence-corrected chi connectivity index (χ0v) is 10.2. The van der Waals surface area contributed by atoms with Gasteiger partial charge in [0.05, 0.1) is 24.8 Å². The van der Waals surface area contributed by atoms with Crippen LogP contribution in [0.4, 0.5) is 5.69 Å². The van der Waals surface area contributed by atoms with Gasteiger partial charge < -0.3 is 10.1 Å². The molecule has 0 amide bonds. The number of anilines is 1. The van der Waals surface area contributed by atoms with Crippen LogP contribution in [-0.4, -0.2) is 19.8 Å². The molecule has 1 aromatic carbocycles. The van der Waals surface area contributed by atoms with Crippen LogP contribution >= 0.6 is 0 Å². The van der Waals surface area contributed by atoms with Gasteiger partial charge in [-0.25, -0.2) is 0 Å². The molecule has 0 spiro atoms. The van der Waals surface area contributed by atoms with Gasteiger partial charge in [0.1, 0.15) is 0 Å². The summed E-state index contributed by atoms with van der Waals surface area (Å²) in [5.74, 6) is 0. The van der Waals surface area contributed by atoms with Gasteiger partial charge >= 0.3 is 0 Å². The smallest absolute Gasteiger partial charge is 0.0994 e. The van der Waals surface area contributed by atoms with Gasteiger partial charge in [-0.3, -0.25) is 0 Å². The van der Waals surface area contributed by atoms with Gasteiger partial charge in [0.2, 0.25) is 0 Å². The molecule has 1 aromatic rings. The average molecular weight is 230 g/mol. The van der Waals surface area contributed by atoms with Crippen molar-refractivity contribution in [3.05, 3.63) is 42.0 Å². The maximum absolute atomic E-state index is 8.81. The normalized spacial score (nSPS) is 9.65. The van der Waals surface area contributed by atoms with Crippen molar-refractivity contribution >= 4 is 5.69 Å². The van der Waals surface area contributed by atoms with E-state index in [1.54, 1.807) is 0 Å². The van der Waals surface area contributed by atoms with Gasteiger partial charge in [-0.05, 0) is 37.1 Å². The van der Waals surface area contributed by atoms with Gasteiger partial charge in [0, 0.05) is 12.2 Å². The molecule has 0 saturated heterocycles. The molecule has 0 unspecified atom stereocenters. The third-order valence-electron chi connectivity index (χ3n) is 2.39. The van der Waals surface area contributed by atoms with E-state index in [-0.39, 0.29) is 0 Å². The van der Waals surface area contributed by atoms with Crippen molar-refractivity contribution in [1.82, 2.24) is 0 Å². The van der Waals surface area contributed by atoms with E-state index in [1.807, 2.05) is 31.2 Å². The number of nitrogens with one attached hydrogen (secondary N) is 1. The Morgan fingerprint density at radius 2 is 2.29 bits per heavy atom. The predicted molar refractivity (Wildman–Crippen MR) is 70.0 cm³/mol. The van der Waals surface area contributed by atoms with Gasteiger partial charge in [0.15, 0.2) is 0 Å². The first kappa shape index (κ1) is 13.3. The minimum atomic E-state index is 0.674. The molecule has 0 aliphatic heterocycles. The molecule has 0 bridgehead atoms. The number of rotatable bonds is 7. The van der Waals surface area contributed by atoms with Gasteiger partial charge in [-0.15, -0.1) is 6.58 Å². The lowest BCUT2D eigenvalue weighted by Crippen LogP contribution is -2.09. The fourth-order valence-corrected chi connectivity index (χ4v) is 1.44. The summed E-state index contributed by atoms with van der Waals surface area (Å²) in [6.07, 6.45) is 2.73. The summed E-state index contributed by atoms with van der Waals surface area (Å²) in [6, 6.07) is 7.87. The number of hydrogen-bond donors (Lipinski definition) is 1. The Morgan fingerprint density at radius 3 is 2.94 bits per heavy atom. The van der Waals surface area contributed by atoms with Gasteiger partial charge in [-0.2, -0.15) is 5.26 Å². The Labute approximate surface area is 103 Å². The fourth-order valence-electron chi connectivity index (χ4n) is 1.44. The van der Waals surface area contributed by atoms with Crippen LogP contribution in [-0.2, 0) is 4.74 Å². The first-order valence-electron chi connectivity index (χ1n) is 5.71. The van der Waals surface area contributed by atoms with Crippen LogP contribution in [0.1, 0.15) is 17.5 Å². The number of aryl methyl sites for hydroxylation is 1. The molecule has 3 nitrogen and oxygen atoms in total. The highest BCUT2D eigenvalue weighted by Crippen LogP contribution is 2.13. The van der Waals surface area contributed by atoms with E-state index >= 15 is 0 Å². The van der Waals surface area contributed by atoms with Crippen molar-refractivity contribution < 1.29 is 4.74 Å². The lowest BCUT2D eigenvalue weighted by atomic mass is 10.1. The van der Waals surface area contributed by atoms with E-state index in [1.165, 1.54) is 0 Å². The molecule has 0 aromatic heterocycles. The third-order valence-corrected chi connectivity index (χ3v) is 2.39. The Balaban J connectivity index is 2.30. The van der Waals surface area contributed by atoms with E-state index in [9.17, 15) is 0 Å². The van der Waals surface area contributed by atoms with Crippen LogP contribution in [0, 0.1) is 18.3 Å². The fraction of sp³-hybridized carbons (Fsp3) is 0.357. The topological polar surface area (TPSA) is 45.0 Å². The summed E-state index contributed by atoms with van der Waals surface area (Å²) in [5, 5.41) is 12.1. The largest absolute Gasteiger partial charge is 0.383 e. The zero-order valence-electron chi connectivity index (χ0n) is 10.2. The second-order valence-electron chi connectivity index (χ2n) is 3.76. The van der Waals surface area contributed by atoms with Gasteiger partial charge in [-0.1, -0.05) is 6.08 Å². The van der Waals surface area contributed by atoms with Crippen molar-refractivity contribution in [3.63, 3.8) is 0 Å². The SMILES string of the molecule is C=CCCOCCNc1ccc(C#N)c(C)c1. The molecule has 0 radical (unpaired) electrons. The van der Waals surface area contributed by atoms with Gasteiger partial charge in [0.25, 0.3) is 0 Å². The average Bonchev–Trinajstić information content (AvgIpc) is 2.34. The minimum absolute atomic E-state index is 0.674. The van der Waals surface area contributed by atoms with E-state index < -0.39 is 0 Å². The standard InChI is InChI=1S/C14H18N2O/c1-3-4-8-17-9-7-16-14-6-5-13(11-15)12(2)10-14/h3,5-6,10,16H,1,4,7-9H2,2H3. The molecule has 1 N–H and O–H groups in total. The highest BCUT2D eigenvalue weighted by Gasteiger charge is 1.98. The first-order chi connectivity index (χ1) is 8.27. The maximum atomic E-state index is 8.81. The van der Waals surface area contributed by atoms with Crippen LogP contribution in [0.15, 0.2) is 30.9 Å². The summed E-state index contributed by atoms with van der Waals surface area (Å²) in [7, 11) is 0. The van der Waals surface area contributed by atoms with Crippen LogP contribution in [0.3, 0.4) is 0 Å². The number of ether oxygens (including phenoxy) is 1. The quantitative estimate of drug-likeness (QED) is 0.578. The number of benzene rings is 1. The molecular weight excluding hydrogens is 212 g/mol. The molecule has 3 heteroatoms. The lowest BCUT2D eigenvalue weighted by Gasteiger charge is -2.08. The van der Waals surface area contributed by atoms with E-state index in [2.05, 4.69) is 18.0 Å². The lowest BCUT2D eigenvalue weighted by molar-refractivity contribution is 0.149. The van der Waals surface area contributed by atoms with Crippen LogP contribution in [0.25, 0.3) is 0 Å². The van der Waals surface area contributed by atoms with Crippen molar-refractivity contribution in [2.75, 3.05) is 25.1 Å². The Bertz CT molecular complexity index is 407. The van der Waals surface area contributed by atoms with Crippen molar-refractivity contribution in [2.24, 2.45) is 0 Å². The van der Waals surface area contributed by atoms with Crippen LogP contribution in [0.2, 0.25) is 0 Å². The monoisotopic (exact) mass is 230 g/mol. The van der Waals surface area contributed by atoms with E-state index in [4.69, 9.17) is 10.00 Å². The Morgan fingerprint density at radius 1 is 1.47 bits per heavy atom. The Hall–Kier alpha value is -1.79. The molecule has 0 fully saturated rings. The summed E-state index contributed by atoms with van der Waals surface area (Å²) in [5.41, 5.74) is 2.73. The molecule has 1 rings (SSSR count). The highest BCUT2D eigenvalue weighted by molar-refractivity contribution is 5.51. The van der Waals surface area contributed by atoms with Crippen molar-refractivity contribution in [3.8, 4) is 6.07 Å². The second kappa shape index (κ2) is 7.48. The Kier molecular flexibility index (Phi) is 5.84. The molecule has 0 aliphatic carbocycles. The number of hydrogen-bond acceptors (Lipinski definition) is 3. The molecule has 0 saturated carbocycles. The zero-order chi connectivity index (χ0) is 12.5. The number of nitrogens with zero attached hydrogens (tertiary/aromatic N) is 1. The minimum Gasteiger partial charge on any atom is -0.383 e. The van der Waals surface area contributed by atoms with E-state index in [0.29, 0.717) is 6.61 Å². The van der Waals surface area contributed by atoms with Crippen LogP contribution in [0.5, 0.6) is 0 Å². The highest BCUT2D eigenvalue weighted by atomic mass is 16.5. The molecule has 0 atom stereocenters. The predicted octanol–water partition coefficient (Wildman–Crippen LogP) is 2.87. The molecular formula is C14H18N2O. The maximum Gasteiger partial charge on any atom is 0.0994 e. The second-order valence-corrected chi connectivity index (χ2v) is 3.76. The van der Waals surface area contributed by atoms with E-state index in [0.717, 1.165) is 36.4 Å². The summed E-state index contributed by atoms with van der Waals surface area (Å²) in [4.78, 5) is 0. The van der Waals surface area contributed by atoms with Crippen molar-refractivity contribution in [1.29, 1.82) is 5.26 Å². The van der Waals surface area contributed by atoms with Crippen LogP contribution < -0.4 is 5.32 Å². The molecule has 90 valence electrons. The van der Waals surface area contributed by atoms with Crippen molar-refractivity contribution in [2.45, 2.75) is 13.3 Å². The third kappa shape index (κ3) is 4.71. The summed E-state index contributed by atoms with van der Waals surface area (Å²) in [6.45, 7) is 7.72. The first-order valence-corrected chi connectivity index (χ1v) is 5.71. The summed E-state index contributed by atoms with van der Waals surface area (Å²) < 4.78 is 5.38.